The first-order valence-electron chi connectivity index (χ1n) is 9.53. The molecule has 2 N–H and O–H groups in total. The van der Waals surface area contributed by atoms with Gasteiger partial charge < -0.3 is 9.73 Å². The third-order valence-corrected chi connectivity index (χ3v) is 5.05. The highest BCUT2D eigenvalue weighted by atomic mass is 16.6. The van der Waals surface area contributed by atoms with Crippen LogP contribution in [0.1, 0.15) is 27.2 Å². The summed E-state index contributed by atoms with van der Waals surface area (Å²) in [6.07, 6.45) is 1.48. The first-order chi connectivity index (χ1) is 15.3. The minimum Gasteiger partial charge on any atom is -0.463 e. The van der Waals surface area contributed by atoms with E-state index in [0.29, 0.717) is 22.7 Å². The standard InChI is InChI=1S/C21H18N6O5/c1-11-13(3)22-21(24-19(11)28)26-18(10-15(25-26)17-8-5-9-32-17)23-20(29)14-6-4-7-16(12(14)2)27(30)31/h4-10H,1-3H3,(H,23,29)(H,22,24,28). The summed E-state index contributed by atoms with van der Waals surface area (Å²) in [5.74, 6) is 0.155. The highest BCUT2D eigenvalue weighted by molar-refractivity contribution is 6.05. The van der Waals surface area contributed by atoms with E-state index in [1.165, 1.54) is 36.1 Å². The SMILES string of the molecule is Cc1nc(-n2nc(-c3ccco3)cc2NC(=O)c2cccc([N+](=O)[O-])c2C)[nH]c(=O)c1C. The van der Waals surface area contributed by atoms with E-state index < -0.39 is 10.8 Å². The molecule has 0 aliphatic heterocycles. The molecule has 0 saturated carbocycles. The van der Waals surface area contributed by atoms with Gasteiger partial charge in [0, 0.05) is 34.5 Å². The summed E-state index contributed by atoms with van der Waals surface area (Å²) in [7, 11) is 0. The van der Waals surface area contributed by atoms with E-state index in [1.807, 2.05) is 0 Å². The lowest BCUT2D eigenvalue weighted by atomic mass is 10.1. The Labute approximate surface area is 180 Å². The average molecular weight is 434 g/mol. The van der Waals surface area contributed by atoms with E-state index in [0.717, 1.165) is 0 Å². The Morgan fingerprint density at radius 2 is 1.97 bits per heavy atom. The molecule has 1 aromatic carbocycles. The number of aromatic nitrogens is 4. The van der Waals surface area contributed by atoms with E-state index in [4.69, 9.17) is 4.42 Å². The van der Waals surface area contributed by atoms with Crippen molar-refractivity contribution in [2.45, 2.75) is 20.8 Å². The molecule has 3 heterocycles. The first kappa shape index (κ1) is 20.7. The molecule has 4 rings (SSSR count). The van der Waals surface area contributed by atoms with Crippen molar-refractivity contribution in [2.75, 3.05) is 5.32 Å². The van der Waals surface area contributed by atoms with E-state index in [2.05, 4.69) is 20.4 Å². The molecule has 0 bridgehead atoms. The number of carbonyl (C=O) groups excluding carboxylic acids is 1. The van der Waals surface area contributed by atoms with Crippen LogP contribution in [0.5, 0.6) is 0 Å². The predicted molar refractivity (Wildman–Crippen MR) is 115 cm³/mol. The Bertz CT molecular complexity index is 1400. The molecule has 11 nitrogen and oxygen atoms in total. The molecule has 0 spiro atoms. The van der Waals surface area contributed by atoms with Crippen LogP contribution >= 0.6 is 0 Å². The lowest BCUT2D eigenvalue weighted by Gasteiger charge is -2.10. The lowest BCUT2D eigenvalue weighted by molar-refractivity contribution is -0.385. The number of rotatable bonds is 5. The second kappa shape index (κ2) is 7.95. The molecule has 1 amide bonds. The van der Waals surface area contributed by atoms with Gasteiger partial charge in [0.25, 0.3) is 17.2 Å². The zero-order valence-corrected chi connectivity index (χ0v) is 17.4. The topological polar surface area (TPSA) is 149 Å². The third kappa shape index (κ3) is 3.67. The van der Waals surface area contributed by atoms with Gasteiger partial charge in [0.15, 0.2) is 5.76 Å². The van der Waals surface area contributed by atoms with Crippen molar-refractivity contribution in [3.63, 3.8) is 0 Å². The highest BCUT2D eigenvalue weighted by Gasteiger charge is 2.21. The molecule has 0 unspecified atom stereocenters. The fourth-order valence-corrected chi connectivity index (χ4v) is 3.16. The number of nitro benzene ring substituents is 1. The zero-order chi connectivity index (χ0) is 23.0. The zero-order valence-electron chi connectivity index (χ0n) is 17.4. The number of nitro groups is 1. The van der Waals surface area contributed by atoms with Gasteiger partial charge in [0.05, 0.1) is 11.2 Å². The van der Waals surface area contributed by atoms with Crippen molar-refractivity contribution < 1.29 is 14.1 Å². The van der Waals surface area contributed by atoms with Crippen LogP contribution in [0, 0.1) is 30.9 Å². The quantitative estimate of drug-likeness (QED) is 0.361. The molecule has 4 aromatic rings. The van der Waals surface area contributed by atoms with Crippen molar-refractivity contribution in [1.82, 2.24) is 19.7 Å². The predicted octanol–water partition coefficient (Wildman–Crippen LogP) is 3.30. The molecule has 162 valence electrons. The lowest BCUT2D eigenvalue weighted by Crippen LogP contribution is -2.21. The number of furan rings is 1. The maximum Gasteiger partial charge on any atom is 0.273 e. The van der Waals surface area contributed by atoms with Gasteiger partial charge in [-0.05, 0) is 39.0 Å². The number of amides is 1. The summed E-state index contributed by atoms with van der Waals surface area (Å²) in [5, 5.41) is 18.3. The number of nitrogens with one attached hydrogen (secondary N) is 2. The molecule has 0 radical (unpaired) electrons. The molecule has 0 atom stereocenters. The largest absolute Gasteiger partial charge is 0.463 e. The summed E-state index contributed by atoms with van der Waals surface area (Å²) >= 11 is 0. The van der Waals surface area contributed by atoms with Gasteiger partial charge in [-0.15, -0.1) is 0 Å². The van der Waals surface area contributed by atoms with Gasteiger partial charge in [-0.1, -0.05) is 6.07 Å². The van der Waals surface area contributed by atoms with Crippen molar-refractivity contribution >= 4 is 17.4 Å². The molecule has 0 aliphatic carbocycles. The van der Waals surface area contributed by atoms with E-state index in [-0.39, 0.29) is 34.1 Å². The summed E-state index contributed by atoms with van der Waals surface area (Å²) in [6.45, 7) is 4.84. The van der Waals surface area contributed by atoms with Crippen molar-refractivity contribution in [3.8, 4) is 17.4 Å². The highest BCUT2D eigenvalue weighted by Crippen LogP contribution is 2.26. The van der Waals surface area contributed by atoms with Crippen LogP contribution in [0.4, 0.5) is 11.5 Å². The number of aromatic amines is 1. The number of hydrogen-bond acceptors (Lipinski definition) is 7. The average Bonchev–Trinajstić information content (AvgIpc) is 3.41. The Kier molecular flexibility index (Phi) is 5.15. The summed E-state index contributed by atoms with van der Waals surface area (Å²) < 4.78 is 6.66. The van der Waals surface area contributed by atoms with E-state index in [1.54, 1.807) is 32.0 Å². The number of carbonyl (C=O) groups is 1. The summed E-state index contributed by atoms with van der Waals surface area (Å²) in [4.78, 5) is 42.9. The van der Waals surface area contributed by atoms with Crippen LogP contribution in [-0.2, 0) is 0 Å². The number of hydrogen-bond donors (Lipinski definition) is 2. The minimum absolute atomic E-state index is 0.0990. The van der Waals surface area contributed by atoms with Crippen LogP contribution in [0.2, 0.25) is 0 Å². The van der Waals surface area contributed by atoms with Gasteiger partial charge >= 0.3 is 0 Å². The molecule has 0 aliphatic rings. The smallest absolute Gasteiger partial charge is 0.273 e. The van der Waals surface area contributed by atoms with Crippen LogP contribution in [0.3, 0.4) is 0 Å². The van der Waals surface area contributed by atoms with Crippen LogP contribution in [0.25, 0.3) is 17.4 Å². The van der Waals surface area contributed by atoms with Crippen LogP contribution in [0.15, 0.2) is 51.9 Å². The molecule has 11 heteroatoms. The monoisotopic (exact) mass is 434 g/mol. The second-order valence-electron chi connectivity index (χ2n) is 7.06. The summed E-state index contributed by atoms with van der Waals surface area (Å²) in [6, 6.07) is 9.19. The Morgan fingerprint density at radius 1 is 1.19 bits per heavy atom. The molecule has 0 fully saturated rings. The van der Waals surface area contributed by atoms with Gasteiger partial charge in [-0.25, -0.2) is 4.98 Å². The fourth-order valence-electron chi connectivity index (χ4n) is 3.16. The molecule has 32 heavy (non-hydrogen) atoms. The van der Waals surface area contributed by atoms with Gasteiger partial charge in [0.1, 0.15) is 11.5 Å². The normalized spacial score (nSPS) is 10.8. The fraction of sp³-hybridized carbons (Fsp3) is 0.143. The number of aryl methyl sites for hydroxylation is 1. The summed E-state index contributed by atoms with van der Waals surface area (Å²) in [5.41, 5.74) is 1.22. The minimum atomic E-state index is -0.579. The van der Waals surface area contributed by atoms with Crippen molar-refractivity contribution in [1.29, 1.82) is 0 Å². The molecular weight excluding hydrogens is 416 g/mol. The number of anilines is 1. The van der Waals surface area contributed by atoms with Gasteiger partial charge in [-0.3, -0.25) is 24.7 Å². The number of benzene rings is 1. The molecule has 0 saturated heterocycles. The maximum absolute atomic E-state index is 13.0. The van der Waals surface area contributed by atoms with Crippen molar-refractivity contribution in [2.24, 2.45) is 0 Å². The Hall–Kier alpha value is -4.54. The Balaban J connectivity index is 1.80. The first-order valence-corrected chi connectivity index (χ1v) is 9.53. The van der Waals surface area contributed by atoms with Crippen molar-refractivity contribution in [3.05, 3.63) is 85.5 Å². The van der Waals surface area contributed by atoms with Gasteiger partial charge in [-0.2, -0.15) is 9.78 Å². The third-order valence-electron chi connectivity index (χ3n) is 5.05. The maximum atomic E-state index is 13.0. The second-order valence-corrected chi connectivity index (χ2v) is 7.06. The molecular formula is C21H18N6O5. The van der Waals surface area contributed by atoms with Crippen LogP contribution in [-0.4, -0.2) is 30.6 Å². The Morgan fingerprint density at radius 3 is 2.62 bits per heavy atom. The van der Waals surface area contributed by atoms with E-state index >= 15 is 0 Å². The molecule has 3 aromatic heterocycles. The van der Waals surface area contributed by atoms with E-state index in [9.17, 15) is 19.7 Å². The van der Waals surface area contributed by atoms with Crippen LogP contribution < -0.4 is 10.9 Å². The number of nitrogens with zero attached hydrogens (tertiary/aromatic N) is 4. The van der Waals surface area contributed by atoms with Gasteiger partial charge in [0.2, 0.25) is 5.95 Å². The number of H-pyrrole nitrogens is 1.